The molecule has 0 aliphatic rings. The summed E-state index contributed by atoms with van der Waals surface area (Å²) in [7, 11) is -10.0. The average molecular weight is 456 g/mol. The first kappa shape index (κ1) is 26.1. The van der Waals surface area contributed by atoms with E-state index in [1.807, 2.05) is 0 Å². The summed E-state index contributed by atoms with van der Waals surface area (Å²) in [4.78, 5) is 0. The Balaban J connectivity index is 5.37. The second kappa shape index (κ2) is 9.54. The summed E-state index contributed by atoms with van der Waals surface area (Å²) in [5, 5.41) is 0. The normalized spacial score (nSPS) is 14.9. The van der Waals surface area contributed by atoms with Crippen LogP contribution in [-0.4, -0.2) is 62.9 Å². The van der Waals surface area contributed by atoms with E-state index in [4.69, 9.17) is 16.5 Å². The van der Waals surface area contributed by atoms with Crippen LogP contribution in [-0.2, 0) is 16.5 Å². The van der Waals surface area contributed by atoms with Crippen LogP contribution >= 0.6 is 0 Å². The minimum absolute atomic E-state index is 0.761. The van der Waals surface area contributed by atoms with Crippen molar-refractivity contribution in [3.8, 4) is 0 Å². The summed E-state index contributed by atoms with van der Waals surface area (Å²) in [6.07, 6.45) is 0. The van der Waals surface area contributed by atoms with Crippen molar-refractivity contribution in [1.29, 1.82) is 0 Å². The van der Waals surface area contributed by atoms with Crippen LogP contribution in [0.3, 0.4) is 0 Å². The van der Waals surface area contributed by atoms with Crippen LogP contribution in [0.15, 0.2) is 0 Å². The molecule has 150 valence electrons. The molecule has 0 fully saturated rings. The largest absolute Gasteiger partial charge is 0.437 e. The highest BCUT2D eigenvalue weighted by molar-refractivity contribution is 6.93. The maximum atomic E-state index is 6.71. The summed E-state index contributed by atoms with van der Waals surface area (Å²) >= 11 is 0. The van der Waals surface area contributed by atoms with Gasteiger partial charge in [-0.2, -0.15) is 0 Å². The van der Waals surface area contributed by atoms with Gasteiger partial charge in [0.1, 0.15) is 0 Å². The van der Waals surface area contributed by atoms with Gasteiger partial charge in [0.2, 0.25) is 0 Å². The second-order valence-electron chi connectivity index (χ2n) is 8.66. The van der Waals surface area contributed by atoms with E-state index < -0.39 is 52.2 Å². The maximum Gasteiger partial charge on any atom is 0.311 e. The SMILES string of the molecule is CCN([Si](C)(C)O[Si](C)(C)O[Si](C)C)[Si](C)(C)O[Si](C)(C)O[Si](C)C. The molecule has 25 heavy (non-hydrogen) atoms. The molecule has 11 heteroatoms. The lowest BCUT2D eigenvalue weighted by Gasteiger charge is -2.49. The highest BCUT2D eigenvalue weighted by Crippen LogP contribution is 2.28. The predicted octanol–water partition coefficient (Wildman–Crippen LogP) is 4.68. The molecule has 0 aliphatic carbocycles. The lowest BCUT2D eigenvalue weighted by atomic mass is 10.8. The number of nitrogens with zero attached hydrogens (tertiary/aromatic N) is 1. The van der Waals surface area contributed by atoms with E-state index in [-0.39, 0.29) is 0 Å². The van der Waals surface area contributed by atoms with E-state index in [0.717, 1.165) is 6.54 Å². The molecule has 0 aromatic carbocycles. The highest BCUT2D eigenvalue weighted by atomic mass is 28.5. The Morgan fingerprint density at radius 1 is 0.640 bits per heavy atom. The summed E-state index contributed by atoms with van der Waals surface area (Å²) in [6.45, 7) is 29.7. The third-order valence-electron chi connectivity index (χ3n) is 3.51. The lowest BCUT2D eigenvalue weighted by molar-refractivity contribution is 0.333. The predicted molar refractivity (Wildman–Crippen MR) is 122 cm³/mol. The lowest BCUT2D eigenvalue weighted by Crippen LogP contribution is -2.69. The Bertz CT molecular complexity index is 382. The van der Waals surface area contributed by atoms with Crippen LogP contribution in [0.25, 0.3) is 0 Å². The van der Waals surface area contributed by atoms with Crippen molar-refractivity contribution < 1.29 is 16.5 Å². The van der Waals surface area contributed by atoms with Crippen molar-refractivity contribution in [2.75, 3.05) is 6.54 Å². The Morgan fingerprint density at radius 3 is 1.12 bits per heavy atom. The van der Waals surface area contributed by atoms with Gasteiger partial charge >= 0.3 is 17.1 Å². The third-order valence-corrected chi connectivity index (χ3v) is 25.1. The van der Waals surface area contributed by atoms with Gasteiger partial charge in [-0.1, -0.05) is 6.92 Å². The standard InChI is InChI=1S/C14H41NO4Si6/c1-14-15(22(6,7)18-24(10,11)16-20(2)3)23(8,9)19-25(12,13)17-21(4)5/h14H2,1-13H3. The van der Waals surface area contributed by atoms with Crippen LogP contribution < -0.4 is 0 Å². The van der Waals surface area contributed by atoms with Gasteiger partial charge in [0, 0.05) is 0 Å². The van der Waals surface area contributed by atoms with Crippen LogP contribution in [0.4, 0.5) is 0 Å². The van der Waals surface area contributed by atoms with Crippen molar-refractivity contribution in [1.82, 2.24) is 4.23 Å². The zero-order valence-corrected chi connectivity index (χ0v) is 24.8. The molecule has 0 spiro atoms. The molecular weight excluding hydrogens is 415 g/mol. The van der Waals surface area contributed by atoms with E-state index in [0.29, 0.717) is 0 Å². The van der Waals surface area contributed by atoms with Crippen molar-refractivity contribution in [2.45, 2.75) is 85.5 Å². The van der Waals surface area contributed by atoms with Gasteiger partial charge in [-0.25, -0.2) is 0 Å². The molecular formula is C14H41NO4Si6. The minimum atomic E-state index is -2.13. The van der Waals surface area contributed by atoms with Crippen LogP contribution in [0.5, 0.6) is 0 Å². The number of rotatable bonds is 11. The van der Waals surface area contributed by atoms with Crippen LogP contribution in [0.1, 0.15) is 6.92 Å². The van der Waals surface area contributed by atoms with E-state index in [9.17, 15) is 0 Å². The Hall–Kier alpha value is 1.10. The fourth-order valence-electron chi connectivity index (χ4n) is 3.75. The first-order chi connectivity index (χ1) is 10.9. The molecule has 0 saturated heterocycles. The van der Waals surface area contributed by atoms with Crippen LogP contribution in [0, 0.1) is 0 Å². The van der Waals surface area contributed by atoms with Gasteiger partial charge in [0.15, 0.2) is 18.1 Å². The van der Waals surface area contributed by atoms with Gasteiger partial charge < -0.3 is 20.7 Å². The summed E-state index contributed by atoms with van der Waals surface area (Å²) in [6, 6.07) is 0. The average Bonchev–Trinajstić information content (AvgIpc) is 2.19. The molecule has 0 amide bonds. The highest BCUT2D eigenvalue weighted by Gasteiger charge is 2.49. The van der Waals surface area contributed by atoms with Gasteiger partial charge in [-0.15, -0.1) is 0 Å². The molecule has 2 radical (unpaired) electrons. The molecule has 0 saturated carbocycles. The van der Waals surface area contributed by atoms with Gasteiger partial charge in [-0.05, 0) is 85.1 Å². The maximum absolute atomic E-state index is 6.71. The summed E-state index contributed by atoms with van der Waals surface area (Å²) in [5.74, 6) is 0. The molecule has 0 bridgehead atoms. The first-order valence-electron chi connectivity index (χ1n) is 9.10. The van der Waals surface area contributed by atoms with E-state index in [2.05, 4.69) is 89.7 Å². The van der Waals surface area contributed by atoms with E-state index >= 15 is 0 Å². The molecule has 0 aromatic rings. The van der Waals surface area contributed by atoms with Gasteiger partial charge in [-0.3, -0.25) is 0 Å². The Kier molecular flexibility index (Phi) is 9.96. The second-order valence-corrected chi connectivity index (χ2v) is 28.5. The fraction of sp³-hybridized carbons (Fsp3) is 1.00. The molecule has 0 atom stereocenters. The zero-order valence-electron chi connectivity index (χ0n) is 18.8. The summed E-state index contributed by atoms with van der Waals surface area (Å²) < 4.78 is 28.4. The molecule has 0 rings (SSSR count). The monoisotopic (exact) mass is 455 g/mol. The van der Waals surface area contributed by atoms with E-state index in [1.54, 1.807) is 0 Å². The zero-order chi connectivity index (χ0) is 20.3. The smallest absolute Gasteiger partial charge is 0.311 e. The molecule has 0 unspecified atom stereocenters. The molecule has 0 aromatic heterocycles. The minimum Gasteiger partial charge on any atom is -0.437 e. The number of hydrogen-bond acceptors (Lipinski definition) is 5. The van der Waals surface area contributed by atoms with Crippen molar-refractivity contribution in [2.24, 2.45) is 0 Å². The Labute approximate surface area is 164 Å². The van der Waals surface area contributed by atoms with Crippen molar-refractivity contribution >= 4 is 52.2 Å². The van der Waals surface area contributed by atoms with Crippen molar-refractivity contribution in [3.05, 3.63) is 0 Å². The van der Waals surface area contributed by atoms with Gasteiger partial charge in [0.25, 0.3) is 17.0 Å². The molecule has 5 nitrogen and oxygen atoms in total. The van der Waals surface area contributed by atoms with Crippen LogP contribution in [0.2, 0.25) is 78.6 Å². The summed E-state index contributed by atoms with van der Waals surface area (Å²) in [5.41, 5.74) is 0. The third kappa shape index (κ3) is 9.73. The van der Waals surface area contributed by atoms with E-state index in [1.165, 1.54) is 0 Å². The van der Waals surface area contributed by atoms with Crippen molar-refractivity contribution in [3.63, 3.8) is 0 Å². The first-order valence-corrected chi connectivity index (χ1v) is 25.3. The molecule has 0 N–H and O–H groups in total. The Morgan fingerprint density at radius 2 is 0.920 bits per heavy atom. The quantitative estimate of drug-likeness (QED) is 0.423. The number of hydrogen-bond donors (Lipinski definition) is 0. The molecule has 0 heterocycles. The molecule has 0 aliphatic heterocycles. The fourth-order valence-corrected chi connectivity index (χ4v) is 30.7. The topological polar surface area (TPSA) is 40.2 Å². The van der Waals surface area contributed by atoms with Gasteiger partial charge in [0.05, 0.1) is 0 Å².